The van der Waals surface area contributed by atoms with Crippen molar-refractivity contribution < 1.29 is 19.1 Å². The van der Waals surface area contributed by atoms with Gasteiger partial charge in [0.15, 0.2) is 0 Å². The zero-order valence-corrected chi connectivity index (χ0v) is 13.0. The number of rotatable bonds is 4. The topological polar surface area (TPSA) is 68.4 Å². The first kappa shape index (κ1) is 15.1. The van der Waals surface area contributed by atoms with Gasteiger partial charge in [0.25, 0.3) is 0 Å². The van der Waals surface area contributed by atoms with Crippen LogP contribution in [-0.4, -0.2) is 30.1 Å². The number of aromatic amines is 1. The fourth-order valence-corrected chi connectivity index (χ4v) is 2.59. The highest BCUT2D eigenvalue weighted by Crippen LogP contribution is 2.27. The van der Waals surface area contributed by atoms with Crippen molar-refractivity contribution in [3.8, 4) is 0 Å². The summed E-state index contributed by atoms with van der Waals surface area (Å²) in [7, 11) is 0. The molecular weight excluding hydrogens is 294 g/mol. The molecule has 1 N–H and O–H groups in total. The Labute approximate surface area is 133 Å². The summed E-state index contributed by atoms with van der Waals surface area (Å²) < 4.78 is 10.0. The van der Waals surface area contributed by atoms with E-state index < -0.39 is 0 Å². The lowest BCUT2D eigenvalue weighted by Gasteiger charge is -2.02. The Morgan fingerprint density at radius 2 is 1.43 bits per heavy atom. The molecule has 0 fully saturated rings. The maximum Gasteiger partial charge on any atom is 0.338 e. The molecule has 0 aliphatic rings. The van der Waals surface area contributed by atoms with E-state index >= 15 is 0 Å². The number of fused-ring (bicyclic) bond motifs is 3. The molecule has 0 amide bonds. The van der Waals surface area contributed by atoms with Crippen molar-refractivity contribution in [2.24, 2.45) is 0 Å². The molecule has 0 spiro atoms. The Morgan fingerprint density at radius 3 is 2.09 bits per heavy atom. The van der Waals surface area contributed by atoms with Gasteiger partial charge in [0, 0.05) is 21.8 Å². The number of benzene rings is 2. The van der Waals surface area contributed by atoms with Crippen LogP contribution in [-0.2, 0) is 9.47 Å². The molecule has 3 aromatic rings. The Balaban J connectivity index is 2.08. The van der Waals surface area contributed by atoms with Gasteiger partial charge in [-0.1, -0.05) is 6.07 Å². The highest BCUT2D eigenvalue weighted by molar-refractivity contribution is 6.10. The minimum Gasteiger partial charge on any atom is -0.462 e. The average molecular weight is 311 g/mol. The Kier molecular flexibility index (Phi) is 4.02. The number of H-pyrrole nitrogens is 1. The summed E-state index contributed by atoms with van der Waals surface area (Å²) in [5, 5.41) is 1.86. The Bertz CT molecular complexity index is 895. The number of esters is 2. The van der Waals surface area contributed by atoms with Crippen molar-refractivity contribution >= 4 is 33.7 Å². The van der Waals surface area contributed by atoms with Crippen LogP contribution in [0.3, 0.4) is 0 Å². The van der Waals surface area contributed by atoms with Crippen molar-refractivity contribution in [3.63, 3.8) is 0 Å². The summed E-state index contributed by atoms with van der Waals surface area (Å²) >= 11 is 0. The van der Waals surface area contributed by atoms with Crippen LogP contribution in [0.5, 0.6) is 0 Å². The standard InChI is InChI=1S/C18H17NO4/c1-3-22-17(20)11-6-8-15-14(9-11)13-7-5-12(10-16(13)19-15)18(21)23-4-2/h5-10,19H,3-4H2,1-2H3. The van der Waals surface area contributed by atoms with E-state index in [-0.39, 0.29) is 11.9 Å². The largest absolute Gasteiger partial charge is 0.462 e. The molecule has 0 saturated heterocycles. The maximum absolute atomic E-state index is 11.9. The summed E-state index contributed by atoms with van der Waals surface area (Å²) in [5.74, 6) is -0.688. The molecule has 0 aliphatic carbocycles. The van der Waals surface area contributed by atoms with E-state index in [9.17, 15) is 9.59 Å². The number of carbonyl (C=O) groups excluding carboxylic acids is 2. The van der Waals surface area contributed by atoms with Crippen molar-refractivity contribution in [2.45, 2.75) is 13.8 Å². The van der Waals surface area contributed by atoms with Crippen LogP contribution in [0.4, 0.5) is 0 Å². The zero-order valence-electron chi connectivity index (χ0n) is 13.0. The fraction of sp³-hybridized carbons (Fsp3) is 0.222. The molecule has 0 saturated carbocycles. The molecule has 0 aliphatic heterocycles. The first-order valence-electron chi connectivity index (χ1n) is 7.53. The third-order valence-corrected chi connectivity index (χ3v) is 3.62. The smallest absolute Gasteiger partial charge is 0.338 e. The monoisotopic (exact) mass is 311 g/mol. The molecule has 5 heteroatoms. The first-order chi connectivity index (χ1) is 11.1. The number of carbonyl (C=O) groups is 2. The first-order valence-corrected chi connectivity index (χ1v) is 7.53. The van der Waals surface area contributed by atoms with Gasteiger partial charge in [-0.3, -0.25) is 0 Å². The van der Waals surface area contributed by atoms with Crippen LogP contribution in [0.1, 0.15) is 34.6 Å². The molecular formula is C18H17NO4. The number of hydrogen-bond acceptors (Lipinski definition) is 4. The lowest BCUT2D eigenvalue weighted by Crippen LogP contribution is -2.04. The summed E-state index contributed by atoms with van der Waals surface area (Å²) in [5.41, 5.74) is 2.73. The van der Waals surface area contributed by atoms with Crippen molar-refractivity contribution in [1.82, 2.24) is 4.98 Å². The van der Waals surface area contributed by atoms with E-state index in [1.165, 1.54) is 0 Å². The van der Waals surface area contributed by atoms with Gasteiger partial charge < -0.3 is 14.5 Å². The molecule has 2 aromatic carbocycles. The van der Waals surface area contributed by atoms with Crippen molar-refractivity contribution in [1.29, 1.82) is 0 Å². The van der Waals surface area contributed by atoms with E-state index in [1.54, 1.807) is 38.1 Å². The molecule has 0 bridgehead atoms. The average Bonchev–Trinajstić information content (AvgIpc) is 2.92. The number of ether oxygens (including phenoxy) is 2. The lowest BCUT2D eigenvalue weighted by atomic mass is 10.1. The molecule has 0 radical (unpaired) electrons. The number of nitrogens with one attached hydrogen (secondary N) is 1. The Morgan fingerprint density at radius 1 is 0.826 bits per heavy atom. The van der Waals surface area contributed by atoms with Gasteiger partial charge in [-0.25, -0.2) is 9.59 Å². The van der Waals surface area contributed by atoms with E-state index in [1.807, 2.05) is 12.1 Å². The summed E-state index contributed by atoms with van der Waals surface area (Å²) in [4.78, 5) is 26.9. The lowest BCUT2D eigenvalue weighted by molar-refractivity contribution is 0.0517. The molecule has 5 nitrogen and oxygen atoms in total. The molecule has 1 aromatic heterocycles. The third-order valence-electron chi connectivity index (χ3n) is 3.62. The van der Waals surface area contributed by atoms with Crippen LogP contribution >= 0.6 is 0 Å². The van der Waals surface area contributed by atoms with Crippen LogP contribution < -0.4 is 0 Å². The molecule has 1 heterocycles. The van der Waals surface area contributed by atoms with E-state index in [4.69, 9.17) is 9.47 Å². The zero-order chi connectivity index (χ0) is 16.4. The van der Waals surface area contributed by atoms with Crippen molar-refractivity contribution in [3.05, 3.63) is 47.5 Å². The van der Waals surface area contributed by atoms with E-state index in [0.29, 0.717) is 24.3 Å². The minimum absolute atomic E-state index is 0.340. The SMILES string of the molecule is CCOC(=O)c1ccc2c(c1)[nH]c1ccc(C(=O)OCC)cc12. The third kappa shape index (κ3) is 2.77. The van der Waals surface area contributed by atoms with Gasteiger partial charge in [-0.15, -0.1) is 0 Å². The number of hydrogen-bond donors (Lipinski definition) is 1. The maximum atomic E-state index is 11.9. The van der Waals surface area contributed by atoms with Crippen LogP contribution in [0.15, 0.2) is 36.4 Å². The normalized spacial score (nSPS) is 10.9. The highest BCUT2D eigenvalue weighted by Gasteiger charge is 2.13. The quantitative estimate of drug-likeness (QED) is 0.746. The molecule has 0 unspecified atom stereocenters. The summed E-state index contributed by atoms with van der Waals surface area (Å²) in [6.45, 7) is 4.23. The van der Waals surface area contributed by atoms with Gasteiger partial charge in [0.05, 0.1) is 24.3 Å². The van der Waals surface area contributed by atoms with Crippen LogP contribution in [0, 0.1) is 0 Å². The van der Waals surface area contributed by atoms with E-state index in [2.05, 4.69) is 4.98 Å². The molecule has 118 valence electrons. The predicted molar refractivity (Wildman–Crippen MR) is 87.7 cm³/mol. The van der Waals surface area contributed by atoms with Gasteiger partial charge in [0.2, 0.25) is 0 Å². The second-order valence-electron chi connectivity index (χ2n) is 5.09. The highest BCUT2D eigenvalue weighted by atomic mass is 16.5. The summed E-state index contributed by atoms with van der Waals surface area (Å²) in [6.07, 6.45) is 0. The van der Waals surface area contributed by atoms with E-state index in [0.717, 1.165) is 21.8 Å². The molecule has 0 atom stereocenters. The van der Waals surface area contributed by atoms with Crippen LogP contribution in [0.2, 0.25) is 0 Å². The number of aromatic nitrogens is 1. The van der Waals surface area contributed by atoms with Gasteiger partial charge in [-0.2, -0.15) is 0 Å². The Hall–Kier alpha value is -2.82. The van der Waals surface area contributed by atoms with Crippen LogP contribution in [0.25, 0.3) is 21.8 Å². The van der Waals surface area contributed by atoms with Crippen molar-refractivity contribution in [2.75, 3.05) is 13.2 Å². The summed E-state index contributed by atoms with van der Waals surface area (Å²) in [6, 6.07) is 10.7. The predicted octanol–water partition coefficient (Wildman–Crippen LogP) is 3.67. The van der Waals surface area contributed by atoms with Gasteiger partial charge in [0.1, 0.15) is 0 Å². The minimum atomic E-state index is -0.347. The second kappa shape index (κ2) is 6.12. The molecule has 3 rings (SSSR count). The second-order valence-corrected chi connectivity index (χ2v) is 5.09. The fourth-order valence-electron chi connectivity index (χ4n) is 2.59. The molecule has 23 heavy (non-hydrogen) atoms. The van der Waals surface area contributed by atoms with Gasteiger partial charge >= 0.3 is 11.9 Å². The van der Waals surface area contributed by atoms with Gasteiger partial charge in [-0.05, 0) is 44.2 Å².